The Labute approximate surface area is 194 Å². The minimum absolute atomic E-state index is 0.225. The molecule has 1 aliphatic rings. The van der Waals surface area contributed by atoms with Crippen LogP contribution in [0, 0.1) is 0 Å². The number of para-hydroxylation sites is 1. The number of hydrogen-bond donors (Lipinski definition) is 0. The van der Waals surface area contributed by atoms with Crippen LogP contribution in [0.5, 0.6) is 0 Å². The number of rotatable bonds is 8. The molecule has 1 atom stereocenters. The molecule has 9 heteroatoms. The number of carbonyl (C=O) groups excluding carboxylic acids is 1. The number of likely N-dealkylation sites (N-methyl/N-ethyl adjacent to an activating group) is 1. The molecule has 0 saturated carbocycles. The van der Waals surface area contributed by atoms with Crippen LogP contribution in [0.3, 0.4) is 0 Å². The second-order valence-electron chi connectivity index (χ2n) is 8.08. The van der Waals surface area contributed by atoms with Crippen molar-refractivity contribution in [3.05, 3.63) is 78.6 Å². The van der Waals surface area contributed by atoms with E-state index in [-0.39, 0.29) is 16.6 Å². The van der Waals surface area contributed by atoms with Crippen molar-refractivity contribution in [1.82, 2.24) is 19.6 Å². The first-order chi connectivity index (χ1) is 15.9. The summed E-state index contributed by atoms with van der Waals surface area (Å²) in [4.78, 5) is 17.2. The number of nitrogens with zero attached hydrogens (tertiary/aromatic N) is 4. The summed E-state index contributed by atoms with van der Waals surface area (Å²) in [7, 11) is -1.94. The molecule has 1 aliphatic heterocycles. The Balaban J connectivity index is 1.51. The number of benzene rings is 2. The van der Waals surface area contributed by atoms with Gasteiger partial charge >= 0.3 is 0 Å². The van der Waals surface area contributed by atoms with Crippen molar-refractivity contribution >= 4 is 15.7 Å². The monoisotopic (exact) mass is 468 g/mol. The van der Waals surface area contributed by atoms with Gasteiger partial charge in [-0.3, -0.25) is 9.69 Å². The van der Waals surface area contributed by atoms with E-state index >= 15 is 0 Å². The Morgan fingerprint density at radius 1 is 1.06 bits per heavy atom. The zero-order valence-electron chi connectivity index (χ0n) is 18.6. The van der Waals surface area contributed by atoms with Crippen molar-refractivity contribution in [3.8, 4) is 5.69 Å². The van der Waals surface area contributed by atoms with E-state index in [2.05, 4.69) is 5.10 Å². The molecule has 0 aliphatic carbocycles. The molecule has 1 saturated heterocycles. The Hall–Kier alpha value is -3.01. The van der Waals surface area contributed by atoms with Crippen LogP contribution < -0.4 is 0 Å². The number of aromatic nitrogens is 2. The Kier molecular flexibility index (Phi) is 7.22. The predicted molar refractivity (Wildman–Crippen MR) is 125 cm³/mol. The summed E-state index contributed by atoms with van der Waals surface area (Å²) < 4.78 is 33.4. The number of sulfone groups is 1. The number of hydrogen-bond acceptors (Lipinski definition) is 6. The third kappa shape index (κ3) is 5.68. The lowest BCUT2D eigenvalue weighted by Crippen LogP contribution is -2.54. The lowest BCUT2D eigenvalue weighted by molar-refractivity contribution is -0.137. The molecule has 0 N–H and O–H groups in total. The molecule has 174 valence electrons. The second kappa shape index (κ2) is 10.3. The summed E-state index contributed by atoms with van der Waals surface area (Å²) in [5.41, 5.74) is 1.79. The van der Waals surface area contributed by atoms with Gasteiger partial charge in [-0.25, -0.2) is 13.1 Å². The van der Waals surface area contributed by atoms with Crippen LogP contribution in [-0.2, 0) is 25.9 Å². The van der Waals surface area contributed by atoms with Crippen LogP contribution in [0.15, 0.2) is 78.0 Å². The zero-order chi connectivity index (χ0) is 23.3. The SMILES string of the molecule is CN(Cc1cnn(-c2ccccc2)c1)C(=O)[C@@H](CS(=O)(=O)c1ccccc1)N1CCOCC1. The van der Waals surface area contributed by atoms with Gasteiger partial charge in [0.05, 0.1) is 35.7 Å². The highest BCUT2D eigenvalue weighted by Gasteiger charge is 2.34. The average molecular weight is 469 g/mol. The zero-order valence-corrected chi connectivity index (χ0v) is 19.4. The Bertz CT molecular complexity index is 1160. The van der Waals surface area contributed by atoms with Gasteiger partial charge in [0.15, 0.2) is 9.84 Å². The van der Waals surface area contributed by atoms with E-state index < -0.39 is 15.9 Å². The molecule has 0 radical (unpaired) electrons. The number of carbonyl (C=O) groups is 1. The van der Waals surface area contributed by atoms with Gasteiger partial charge in [-0.05, 0) is 24.3 Å². The van der Waals surface area contributed by atoms with Crippen molar-refractivity contribution in [2.24, 2.45) is 0 Å². The molecule has 3 aromatic rings. The molecular formula is C24H28N4O4S. The Morgan fingerprint density at radius 2 is 1.70 bits per heavy atom. The maximum atomic E-state index is 13.5. The summed E-state index contributed by atoms with van der Waals surface area (Å²) in [6.45, 7) is 2.31. The highest BCUT2D eigenvalue weighted by Crippen LogP contribution is 2.18. The maximum absolute atomic E-state index is 13.5. The van der Waals surface area contributed by atoms with E-state index in [0.29, 0.717) is 32.8 Å². The third-order valence-corrected chi connectivity index (χ3v) is 7.45. The molecule has 1 aromatic heterocycles. The van der Waals surface area contributed by atoms with Gasteiger partial charge in [-0.2, -0.15) is 5.10 Å². The van der Waals surface area contributed by atoms with Crippen LogP contribution in [0.4, 0.5) is 0 Å². The quantitative estimate of drug-likeness (QED) is 0.503. The van der Waals surface area contributed by atoms with Crippen LogP contribution in [0.2, 0.25) is 0 Å². The molecule has 0 bridgehead atoms. The van der Waals surface area contributed by atoms with E-state index in [1.165, 1.54) is 0 Å². The maximum Gasteiger partial charge on any atom is 0.241 e. The topological polar surface area (TPSA) is 84.7 Å². The summed E-state index contributed by atoms with van der Waals surface area (Å²) >= 11 is 0. The predicted octanol–water partition coefficient (Wildman–Crippen LogP) is 2.01. The molecule has 4 rings (SSSR count). The summed E-state index contributed by atoms with van der Waals surface area (Å²) in [6, 6.07) is 17.2. The molecular weight excluding hydrogens is 440 g/mol. The minimum atomic E-state index is -3.64. The smallest absolute Gasteiger partial charge is 0.241 e. The van der Waals surface area contributed by atoms with E-state index in [0.717, 1.165) is 11.3 Å². The summed E-state index contributed by atoms with van der Waals surface area (Å²) in [5.74, 6) is -0.507. The number of amides is 1. The molecule has 2 aromatic carbocycles. The van der Waals surface area contributed by atoms with Gasteiger partial charge in [-0.15, -0.1) is 0 Å². The van der Waals surface area contributed by atoms with E-state index in [9.17, 15) is 13.2 Å². The van der Waals surface area contributed by atoms with E-state index in [4.69, 9.17) is 4.74 Å². The van der Waals surface area contributed by atoms with Gasteiger partial charge in [0, 0.05) is 38.4 Å². The highest BCUT2D eigenvalue weighted by molar-refractivity contribution is 7.91. The molecule has 0 unspecified atom stereocenters. The summed E-state index contributed by atoms with van der Waals surface area (Å²) in [5, 5.41) is 4.39. The number of morpholine rings is 1. The van der Waals surface area contributed by atoms with Crippen molar-refractivity contribution in [3.63, 3.8) is 0 Å². The third-order valence-electron chi connectivity index (χ3n) is 5.70. The van der Waals surface area contributed by atoms with Crippen molar-refractivity contribution in [1.29, 1.82) is 0 Å². The first-order valence-corrected chi connectivity index (χ1v) is 12.5. The van der Waals surface area contributed by atoms with E-state index in [1.54, 1.807) is 53.2 Å². The van der Waals surface area contributed by atoms with Gasteiger partial charge in [0.1, 0.15) is 6.04 Å². The van der Waals surface area contributed by atoms with Crippen LogP contribution in [0.25, 0.3) is 5.69 Å². The molecule has 8 nitrogen and oxygen atoms in total. The van der Waals surface area contributed by atoms with Gasteiger partial charge in [-0.1, -0.05) is 36.4 Å². The fourth-order valence-electron chi connectivity index (χ4n) is 3.92. The largest absolute Gasteiger partial charge is 0.379 e. The van der Waals surface area contributed by atoms with Crippen molar-refractivity contribution < 1.29 is 17.9 Å². The van der Waals surface area contributed by atoms with Crippen LogP contribution in [-0.4, -0.2) is 79.1 Å². The lowest BCUT2D eigenvalue weighted by atomic mass is 10.2. The number of ether oxygens (including phenoxy) is 1. The first kappa shape index (κ1) is 23.2. The van der Waals surface area contributed by atoms with Crippen molar-refractivity contribution in [2.45, 2.75) is 17.5 Å². The van der Waals surface area contributed by atoms with Crippen LogP contribution in [0.1, 0.15) is 5.56 Å². The highest BCUT2D eigenvalue weighted by atomic mass is 32.2. The van der Waals surface area contributed by atoms with Gasteiger partial charge < -0.3 is 9.64 Å². The van der Waals surface area contributed by atoms with Crippen molar-refractivity contribution in [2.75, 3.05) is 39.1 Å². The molecule has 1 amide bonds. The molecule has 0 spiro atoms. The molecule has 1 fully saturated rings. The normalized spacial score (nSPS) is 15.8. The Morgan fingerprint density at radius 3 is 2.36 bits per heavy atom. The standard InChI is InChI=1S/C24H28N4O4S/c1-26(17-20-16-25-28(18-20)21-8-4-2-5-9-21)24(29)23(27-12-14-32-15-13-27)19-33(30,31)22-10-6-3-7-11-22/h2-11,16,18,23H,12-15,17,19H2,1H3/t23-/m1/s1. The van der Waals surface area contributed by atoms with E-state index in [1.807, 2.05) is 41.4 Å². The first-order valence-electron chi connectivity index (χ1n) is 10.9. The fraction of sp³-hybridized carbons (Fsp3) is 0.333. The van der Waals surface area contributed by atoms with Gasteiger partial charge in [0.25, 0.3) is 0 Å². The fourth-order valence-corrected chi connectivity index (χ4v) is 5.46. The van der Waals surface area contributed by atoms with Gasteiger partial charge in [0.2, 0.25) is 5.91 Å². The molecule has 33 heavy (non-hydrogen) atoms. The average Bonchev–Trinajstić information content (AvgIpc) is 3.32. The molecule has 2 heterocycles. The second-order valence-corrected chi connectivity index (χ2v) is 10.1. The van der Waals surface area contributed by atoms with Crippen LogP contribution >= 0.6 is 0 Å². The minimum Gasteiger partial charge on any atom is -0.379 e. The summed E-state index contributed by atoms with van der Waals surface area (Å²) in [6.07, 6.45) is 3.60. The lowest BCUT2D eigenvalue weighted by Gasteiger charge is -2.35.